The first-order valence-electron chi connectivity index (χ1n) is 13.6. The van der Waals surface area contributed by atoms with Crippen molar-refractivity contribution in [2.75, 3.05) is 33.3 Å². The van der Waals surface area contributed by atoms with Gasteiger partial charge in [-0.05, 0) is 38.5 Å². The molecule has 176 valence electrons. The van der Waals surface area contributed by atoms with E-state index in [2.05, 4.69) is 20.9 Å². The van der Waals surface area contributed by atoms with Crippen LogP contribution < -0.4 is 0 Å². The third kappa shape index (κ3) is 21.0. The Morgan fingerprint density at radius 2 is 0.690 bits per heavy atom. The van der Waals surface area contributed by atoms with Crippen molar-refractivity contribution in [3.63, 3.8) is 0 Å². The van der Waals surface area contributed by atoms with Gasteiger partial charge in [-0.3, -0.25) is 0 Å². The van der Waals surface area contributed by atoms with Gasteiger partial charge >= 0.3 is 0 Å². The molecule has 0 heterocycles. The van der Waals surface area contributed by atoms with Gasteiger partial charge in [-0.1, -0.05) is 104 Å². The predicted molar refractivity (Wildman–Crippen MR) is 132 cm³/mol. The standard InChI is InChI=1S/C27H58NO/c1-4-6-8-10-12-14-16-18-20-24-28(3,26-22-23-27-29)25-21-19-17-15-13-11-9-7-5-2/h29H,4-27H2,1-3H3/q+1. The molecule has 0 aromatic heterocycles. The topological polar surface area (TPSA) is 20.2 Å². The number of aliphatic hydroxyl groups excluding tert-OH is 1. The lowest BCUT2D eigenvalue weighted by atomic mass is 10.1. The van der Waals surface area contributed by atoms with E-state index in [9.17, 15) is 0 Å². The molecule has 0 aliphatic heterocycles. The molecule has 0 radical (unpaired) electrons. The van der Waals surface area contributed by atoms with E-state index in [1.54, 1.807) is 0 Å². The van der Waals surface area contributed by atoms with E-state index in [-0.39, 0.29) is 0 Å². The Labute approximate surface area is 185 Å². The van der Waals surface area contributed by atoms with Crippen LogP contribution >= 0.6 is 0 Å². The van der Waals surface area contributed by atoms with Gasteiger partial charge in [0.2, 0.25) is 0 Å². The molecule has 0 bridgehead atoms. The van der Waals surface area contributed by atoms with Crippen LogP contribution in [0.5, 0.6) is 0 Å². The first kappa shape index (κ1) is 28.9. The zero-order chi connectivity index (χ0) is 21.5. The van der Waals surface area contributed by atoms with Crippen molar-refractivity contribution >= 4 is 0 Å². The minimum absolute atomic E-state index is 0.357. The van der Waals surface area contributed by atoms with E-state index in [1.165, 1.54) is 146 Å². The van der Waals surface area contributed by atoms with Crippen LogP contribution in [0.1, 0.15) is 142 Å². The fourth-order valence-electron chi connectivity index (χ4n) is 4.55. The van der Waals surface area contributed by atoms with Gasteiger partial charge in [-0.25, -0.2) is 0 Å². The predicted octanol–water partition coefficient (Wildman–Crippen LogP) is 8.27. The quantitative estimate of drug-likeness (QED) is 0.125. The van der Waals surface area contributed by atoms with Crippen LogP contribution in [0.4, 0.5) is 0 Å². The van der Waals surface area contributed by atoms with Crippen LogP contribution in [0.25, 0.3) is 0 Å². The molecule has 0 amide bonds. The third-order valence-corrected chi connectivity index (χ3v) is 6.71. The van der Waals surface area contributed by atoms with Crippen LogP contribution in [0, 0.1) is 0 Å². The number of unbranched alkanes of at least 4 members (excludes halogenated alkanes) is 17. The highest BCUT2D eigenvalue weighted by Crippen LogP contribution is 2.16. The lowest BCUT2D eigenvalue weighted by Gasteiger charge is -2.35. The van der Waals surface area contributed by atoms with Crippen molar-refractivity contribution in [3.05, 3.63) is 0 Å². The summed E-state index contributed by atoms with van der Waals surface area (Å²) in [7, 11) is 2.48. The van der Waals surface area contributed by atoms with Gasteiger partial charge < -0.3 is 9.59 Å². The summed E-state index contributed by atoms with van der Waals surface area (Å²) in [6.07, 6.45) is 27.7. The molecular weight excluding hydrogens is 354 g/mol. The van der Waals surface area contributed by atoms with E-state index in [0.717, 1.165) is 6.42 Å². The first-order valence-corrected chi connectivity index (χ1v) is 13.6. The van der Waals surface area contributed by atoms with E-state index in [0.29, 0.717) is 6.61 Å². The Bertz CT molecular complexity index is 283. The minimum Gasteiger partial charge on any atom is -0.396 e. The molecule has 0 aliphatic rings. The smallest absolute Gasteiger partial charge is 0.0785 e. The Kier molecular flexibility index (Phi) is 22.5. The van der Waals surface area contributed by atoms with Crippen molar-refractivity contribution in [2.45, 2.75) is 142 Å². The van der Waals surface area contributed by atoms with Gasteiger partial charge in [0.15, 0.2) is 0 Å². The third-order valence-electron chi connectivity index (χ3n) is 6.71. The number of aliphatic hydroxyl groups is 1. The number of quaternary nitrogens is 1. The largest absolute Gasteiger partial charge is 0.396 e. The molecule has 0 saturated carbocycles. The number of hydrogen-bond acceptors (Lipinski definition) is 1. The molecule has 2 heteroatoms. The summed E-state index contributed by atoms with van der Waals surface area (Å²) in [5, 5.41) is 9.16. The second-order valence-corrected chi connectivity index (χ2v) is 9.88. The second kappa shape index (κ2) is 22.6. The molecule has 0 aromatic carbocycles. The minimum atomic E-state index is 0.357. The van der Waals surface area contributed by atoms with Gasteiger partial charge in [0.05, 0.1) is 26.7 Å². The lowest BCUT2D eigenvalue weighted by molar-refractivity contribution is -0.910. The molecule has 0 unspecified atom stereocenters. The maximum atomic E-state index is 9.16. The summed E-state index contributed by atoms with van der Waals surface area (Å²) in [6, 6.07) is 0. The van der Waals surface area contributed by atoms with Gasteiger partial charge in [-0.2, -0.15) is 0 Å². The number of nitrogens with zero attached hydrogens (tertiary/aromatic N) is 1. The number of hydrogen-bond donors (Lipinski definition) is 1. The van der Waals surface area contributed by atoms with Crippen molar-refractivity contribution in [1.29, 1.82) is 0 Å². The molecule has 29 heavy (non-hydrogen) atoms. The van der Waals surface area contributed by atoms with Crippen LogP contribution in [0.2, 0.25) is 0 Å². The fourth-order valence-corrected chi connectivity index (χ4v) is 4.55. The second-order valence-electron chi connectivity index (χ2n) is 9.88. The molecule has 0 rings (SSSR count). The van der Waals surface area contributed by atoms with Crippen molar-refractivity contribution in [2.24, 2.45) is 0 Å². The summed E-state index contributed by atoms with van der Waals surface area (Å²) in [5.74, 6) is 0. The van der Waals surface area contributed by atoms with E-state index < -0.39 is 0 Å². The van der Waals surface area contributed by atoms with Crippen LogP contribution in [0.15, 0.2) is 0 Å². The number of rotatable bonds is 24. The maximum Gasteiger partial charge on any atom is 0.0785 e. The van der Waals surface area contributed by atoms with E-state index in [1.807, 2.05) is 0 Å². The lowest BCUT2D eigenvalue weighted by Crippen LogP contribution is -2.46. The fraction of sp³-hybridized carbons (Fsp3) is 1.00. The van der Waals surface area contributed by atoms with Gasteiger partial charge in [-0.15, -0.1) is 0 Å². The molecule has 1 N–H and O–H groups in total. The Morgan fingerprint density at radius 1 is 0.414 bits per heavy atom. The van der Waals surface area contributed by atoms with Crippen LogP contribution in [0.3, 0.4) is 0 Å². The summed E-state index contributed by atoms with van der Waals surface area (Å²) in [4.78, 5) is 0. The van der Waals surface area contributed by atoms with Crippen molar-refractivity contribution < 1.29 is 9.59 Å². The Balaban J connectivity index is 3.84. The zero-order valence-corrected chi connectivity index (χ0v) is 20.9. The van der Waals surface area contributed by atoms with Crippen LogP contribution in [-0.2, 0) is 0 Å². The van der Waals surface area contributed by atoms with Crippen molar-refractivity contribution in [1.82, 2.24) is 0 Å². The van der Waals surface area contributed by atoms with Gasteiger partial charge in [0.25, 0.3) is 0 Å². The highest BCUT2D eigenvalue weighted by atomic mass is 16.2. The average molecular weight is 413 g/mol. The summed E-state index contributed by atoms with van der Waals surface area (Å²) >= 11 is 0. The molecule has 2 nitrogen and oxygen atoms in total. The molecule has 0 fully saturated rings. The molecule has 0 atom stereocenters. The molecule has 0 aromatic rings. The maximum absolute atomic E-state index is 9.16. The van der Waals surface area contributed by atoms with E-state index in [4.69, 9.17) is 5.11 Å². The molecule has 0 aliphatic carbocycles. The molecular formula is C27H58NO+. The first-order chi connectivity index (χ1) is 14.2. The summed E-state index contributed by atoms with van der Waals surface area (Å²) < 4.78 is 1.24. The summed E-state index contributed by atoms with van der Waals surface area (Å²) in [6.45, 7) is 8.90. The highest BCUT2D eigenvalue weighted by molar-refractivity contribution is 4.51. The molecule has 0 spiro atoms. The summed E-state index contributed by atoms with van der Waals surface area (Å²) in [5.41, 5.74) is 0. The normalized spacial score (nSPS) is 12.0. The zero-order valence-electron chi connectivity index (χ0n) is 20.9. The van der Waals surface area contributed by atoms with Gasteiger partial charge in [0.1, 0.15) is 0 Å². The highest BCUT2D eigenvalue weighted by Gasteiger charge is 2.20. The monoisotopic (exact) mass is 412 g/mol. The van der Waals surface area contributed by atoms with E-state index >= 15 is 0 Å². The Morgan fingerprint density at radius 3 is 1.00 bits per heavy atom. The van der Waals surface area contributed by atoms with Gasteiger partial charge in [0, 0.05) is 6.61 Å². The average Bonchev–Trinajstić information content (AvgIpc) is 2.72. The molecule has 0 saturated heterocycles. The SMILES string of the molecule is CCCCCCCCCCC[N+](C)(CCCCO)CCCCCCCCCCC. The van der Waals surface area contributed by atoms with Crippen LogP contribution in [-0.4, -0.2) is 42.9 Å². The van der Waals surface area contributed by atoms with Crippen molar-refractivity contribution in [3.8, 4) is 0 Å². The Hall–Kier alpha value is -0.0800.